The average molecular weight is 1250 g/mol. The highest BCUT2D eigenvalue weighted by Gasteiger charge is 2.51. The van der Waals surface area contributed by atoms with E-state index in [4.69, 9.17) is 52.1 Å². The Bertz CT molecular complexity index is 3010. The molecular weight excluding hydrogens is 1180 g/mol. The lowest BCUT2D eigenvalue weighted by molar-refractivity contribution is -0.295. The second-order valence-electron chi connectivity index (χ2n) is 20.8. The van der Waals surface area contributed by atoms with Gasteiger partial charge in [-0.15, -0.1) is 0 Å². The molecule has 5 aliphatic heterocycles. The van der Waals surface area contributed by atoms with Gasteiger partial charge in [0.1, 0.15) is 139 Å². The van der Waals surface area contributed by atoms with Crippen molar-refractivity contribution in [3.8, 4) is 46.0 Å². The monoisotopic (exact) mass is 1250 g/mol. The molecule has 5 heterocycles. The van der Waals surface area contributed by atoms with E-state index in [2.05, 4.69) is 0 Å². The third-order valence-electron chi connectivity index (χ3n) is 14.7. The molecule has 4 aromatic carbocycles. The summed E-state index contributed by atoms with van der Waals surface area (Å²) in [4.78, 5) is 25.6. The van der Waals surface area contributed by atoms with E-state index in [1.165, 1.54) is 60.7 Å². The summed E-state index contributed by atoms with van der Waals surface area (Å²) < 4.78 is 61.9. The molecule has 0 bridgehead atoms. The van der Waals surface area contributed by atoms with Gasteiger partial charge in [-0.25, -0.2) is 9.59 Å². The van der Waals surface area contributed by atoms with Crippen molar-refractivity contribution in [3.05, 3.63) is 113 Å². The van der Waals surface area contributed by atoms with Crippen LogP contribution in [0.1, 0.15) is 28.4 Å². The highest BCUT2D eigenvalue weighted by atomic mass is 16.7. The van der Waals surface area contributed by atoms with Crippen LogP contribution in [0, 0.1) is 0 Å². The van der Waals surface area contributed by atoms with E-state index in [9.17, 15) is 102 Å². The zero-order valence-electron chi connectivity index (χ0n) is 45.7. The van der Waals surface area contributed by atoms with Crippen LogP contribution in [0.4, 0.5) is 0 Å². The molecule has 478 valence electrons. The number of aromatic hydroxyl groups is 5. The van der Waals surface area contributed by atoms with Gasteiger partial charge >= 0.3 is 11.9 Å². The van der Waals surface area contributed by atoms with Gasteiger partial charge in [0.05, 0.1) is 24.8 Å². The van der Waals surface area contributed by atoms with E-state index in [0.717, 1.165) is 42.5 Å². The average Bonchev–Trinajstić information content (AvgIpc) is 1.49. The summed E-state index contributed by atoms with van der Waals surface area (Å²) in [6.07, 6.45) is -34.4. The third kappa shape index (κ3) is 14.5. The van der Waals surface area contributed by atoms with E-state index in [1.54, 1.807) is 0 Å². The van der Waals surface area contributed by atoms with Gasteiger partial charge < -0.3 is 144 Å². The molecule has 31 nitrogen and oxygen atoms in total. The first-order valence-corrected chi connectivity index (χ1v) is 27.0. The topological polar surface area (TPSA) is 503 Å². The minimum atomic E-state index is -2.19. The summed E-state index contributed by atoms with van der Waals surface area (Å²) >= 11 is 0. The molecule has 19 N–H and O–H groups in total. The molecule has 0 radical (unpaired) electrons. The predicted molar refractivity (Wildman–Crippen MR) is 289 cm³/mol. The molecular formula is C57H65O31+. The first-order valence-electron chi connectivity index (χ1n) is 27.0. The van der Waals surface area contributed by atoms with E-state index in [-0.39, 0.29) is 34.1 Å². The number of esters is 2. The SMILES string of the molecule is O=C(/C=C/c1ccc(O)cc1)OC[C@H]1O[C@@H](Oc2cc(C3[OH+]c4cc(O[C@@H]5O[C@H](CO)[C@@H](O)[C@H](O)[C@@H]5O)cc(O)c4C=C3O[C@@H]3O[C@@H](CO)[C@@H](O)[C@@H](O)[C@H]3O)cc(O[C@@H]3O[C@H](COC(=O)/C=C/c4ccc(O)cc4)[C@@H](O)[C@@H](O)[C@@H]3O)c2O)[C@@H](O)[C@@H](O)[C@@H]1O. The number of benzene rings is 4. The number of rotatable bonds is 19. The van der Waals surface area contributed by atoms with Crippen LogP contribution in [0.25, 0.3) is 18.2 Å². The normalized spacial score (nSPS) is 34.0. The molecule has 5 aliphatic rings. The van der Waals surface area contributed by atoms with Crippen LogP contribution in [-0.2, 0) is 42.7 Å². The summed E-state index contributed by atoms with van der Waals surface area (Å²) in [5, 5.41) is 194. The summed E-state index contributed by atoms with van der Waals surface area (Å²) in [5.41, 5.74) is 0.492. The highest BCUT2D eigenvalue weighted by Crippen LogP contribution is 2.50. The molecule has 88 heavy (non-hydrogen) atoms. The Morgan fingerprint density at radius 2 is 0.852 bits per heavy atom. The number of aliphatic hydroxyl groups excluding tert-OH is 14. The van der Waals surface area contributed by atoms with Gasteiger partial charge in [0.25, 0.3) is 11.9 Å². The van der Waals surface area contributed by atoms with E-state index in [0.29, 0.717) is 11.1 Å². The van der Waals surface area contributed by atoms with Crippen molar-refractivity contribution in [2.75, 3.05) is 26.4 Å². The lowest BCUT2D eigenvalue weighted by Gasteiger charge is -2.41. The summed E-state index contributed by atoms with van der Waals surface area (Å²) in [7, 11) is 0. The molecule has 0 aliphatic carbocycles. The quantitative estimate of drug-likeness (QED) is 0.0240. The molecule has 9 rings (SSSR count). The van der Waals surface area contributed by atoms with Crippen molar-refractivity contribution < 1.29 is 154 Å². The Labute approximate surface area is 496 Å². The second kappa shape index (κ2) is 27.9. The molecule has 0 saturated carbocycles. The van der Waals surface area contributed by atoms with Crippen molar-refractivity contribution in [2.45, 2.75) is 129 Å². The molecule has 0 aromatic heterocycles. The van der Waals surface area contributed by atoms with Crippen molar-refractivity contribution in [1.29, 1.82) is 0 Å². The Hall–Kier alpha value is -7.48. The minimum absolute atomic E-state index is 0.0387. The smallest absolute Gasteiger partial charge is 0.330 e. The van der Waals surface area contributed by atoms with Gasteiger partial charge in [0.2, 0.25) is 30.9 Å². The largest absolute Gasteiger partial charge is 0.571 e. The van der Waals surface area contributed by atoms with E-state index in [1.807, 2.05) is 0 Å². The van der Waals surface area contributed by atoms with Crippen molar-refractivity contribution in [3.63, 3.8) is 0 Å². The van der Waals surface area contributed by atoms with Crippen LogP contribution in [-0.4, -0.2) is 258 Å². The highest BCUT2D eigenvalue weighted by molar-refractivity contribution is 5.87. The third-order valence-corrected chi connectivity index (χ3v) is 14.7. The number of phenols is 4. The maximum Gasteiger partial charge on any atom is 0.330 e. The summed E-state index contributed by atoms with van der Waals surface area (Å²) in [5.74, 6) is -6.32. The van der Waals surface area contributed by atoms with Crippen molar-refractivity contribution in [1.82, 2.24) is 0 Å². The Kier molecular flexibility index (Phi) is 20.6. The standard InChI is InChI=1S/C57H64O31/c58-18-34-41(66)45(70)49(74)54(85-34)80-27-15-29(62)28-17-33(84-57-50(75)46(71)42(67)35(19-59)86-57)53(81-30(28)16-27)24-13-31(82-55-51(76)47(72)43(68)36(87-55)20-78-38(63)11-5-22-1-7-25(60)8-2-22)40(65)32(14-24)83-56-52(77)48(73)44(69)37(88-56)21-79-39(64)12-6-23-3-9-26(61)10-4-23/h1-17,34-37,41-62,65-77H,18-21H2/p+1/b11-5+,12-6+/t34-,35+,36-,37-,41-,42-,43-,44-,45+,46-,47-,48+,49+,50-,51+,52+,53?,54-,55-,56-,57-/m1/s1. The molecule has 0 amide bonds. The number of hydrogen-bond acceptors (Lipinski definition) is 30. The Morgan fingerprint density at radius 1 is 0.466 bits per heavy atom. The predicted octanol–water partition coefficient (Wildman–Crippen LogP) is -4.27. The number of aliphatic hydroxyl groups is 15. The number of hydrogen-bond donors (Lipinski definition) is 18. The molecule has 4 aromatic rings. The molecule has 4 saturated heterocycles. The fourth-order valence-electron chi connectivity index (χ4n) is 9.70. The van der Waals surface area contributed by atoms with Crippen LogP contribution in [0.2, 0.25) is 0 Å². The zero-order chi connectivity index (χ0) is 63.4. The fraction of sp³-hybridized carbons (Fsp3) is 0.439. The number of fused-ring (bicyclic) bond motifs is 1. The maximum atomic E-state index is 12.8. The van der Waals surface area contributed by atoms with Gasteiger partial charge in [0.15, 0.2) is 17.3 Å². The van der Waals surface area contributed by atoms with Crippen molar-refractivity contribution >= 4 is 30.2 Å². The van der Waals surface area contributed by atoms with Gasteiger partial charge in [0, 0.05) is 24.3 Å². The molecule has 0 spiro atoms. The second-order valence-corrected chi connectivity index (χ2v) is 20.8. The Balaban J connectivity index is 1.07. The van der Waals surface area contributed by atoms with Gasteiger partial charge in [-0.2, -0.15) is 0 Å². The van der Waals surface area contributed by atoms with Crippen LogP contribution in [0.5, 0.6) is 46.0 Å². The summed E-state index contributed by atoms with van der Waals surface area (Å²) in [6, 6.07) is 15.5. The first-order chi connectivity index (χ1) is 41.9. The lowest BCUT2D eigenvalue weighted by atomic mass is 9.98. The summed E-state index contributed by atoms with van der Waals surface area (Å²) in [6.45, 7) is -3.33. The number of carbonyl (C=O) groups is 2. The van der Waals surface area contributed by atoms with Gasteiger partial charge in [-0.1, -0.05) is 24.3 Å². The van der Waals surface area contributed by atoms with Crippen molar-refractivity contribution in [2.24, 2.45) is 0 Å². The van der Waals surface area contributed by atoms with Crippen LogP contribution < -0.4 is 14.2 Å². The van der Waals surface area contributed by atoms with Crippen LogP contribution >= 0.6 is 0 Å². The van der Waals surface area contributed by atoms with Gasteiger partial charge in [-0.05, 0) is 59.7 Å². The van der Waals surface area contributed by atoms with Crippen LogP contribution in [0.3, 0.4) is 0 Å². The maximum absolute atomic E-state index is 12.8. The van der Waals surface area contributed by atoms with Crippen LogP contribution in [0.15, 0.2) is 90.7 Å². The molecule has 4 fully saturated rings. The first kappa shape index (κ1) is 65.0. The molecule has 31 heteroatoms. The van der Waals surface area contributed by atoms with E-state index < -0.39 is 196 Å². The number of carbonyl (C=O) groups excluding carboxylic acids is 2. The lowest BCUT2D eigenvalue weighted by Crippen LogP contribution is -2.60. The zero-order valence-corrected chi connectivity index (χ0v) is 45.7. The molecule has 1 unspecified atom stereocenters. The van der Waals surface area contributed by atoms with Gasteiger partial charge in [-0.3, -0.25) is 0 Å². The van der Waals surface area contributed by atoms with E-state index >= 15 is 0 Å². The molecule has 21 atom stereocenters. The number of ether oxygens (including phenoxy) is 11. The number of phenolic OH excluding ortho intramolecular Hbond substituents is 4. The Morgan fingerprint density at radius 3 is 1.27 bits per heavy atom. The fourth-order valence-corrected chi connectivity index (χ4v) is 9.70. The minimum Gasteiger partial charge on any atom is -0.571 e.